The molecule has 88 valence electrons. The maximum Gasteiger partial charge on any atom is 0.132 e. The van der Waals surface area contributed by atoms with Crippen LogP contribution in [-0.2, 0) is 13.0 Å². The Bertz CT molecular complexity index is 560. The second-order valence-corrected chi connectivity index (χ2v) is 5.09. The largest absolute Gasteiger partial charge is 0.311 e. The Hall–Kier alpha value is -1.13. The number of nitrogens with zero attached hydrogens (tertiary/aromatic N) is 2. The molecule has 0 atom stereocenters. The molecule has 1 aliphatic heterocycles. The SMILES string of the molecule is Cc1ccccc1-n1nc(Br)c2c1CNCC2. The lowest BCUT2D eigenvalue weighted by molar-refractivity contribution is 0.613. The zero-order chi connectivity index (χ0) is 11.8. The van der Waals surface area contributed by atoms with Gasteiger partial charge in [0.15, 0.2) is 0 Å². The third kappa shape index (κ3) is 1.81. The summed E-state index contributed by atoms with van der Waals surface area (Å²) in [6.07, 6.45) is 1.04. The van der Waals surface area contributed by atoms with Gasteiger partial charge in [-0.05, 0) is 47.4 Å². The third-order valence-corrected chi connectivity index (χ3v) is 3.87. The summed E-state index contributed by atoms with van der Waals surface area (Å²) in [4.78, 5) is 0. The van der Waals surface area contributed by atoms with Crippen molar-refractivity contribution in [2.75, 3.05) is 6.54 Å². The molecule has 0 fully saturated rings. The van der Waals surface area contributed by atoms with Crippen molar-refractivity contribution < 1.29 is 0 Å². The van der Waals surface area contributed by atoms with Crippen LogP contribution in [0.3, 0.4) is 0 Å². The van der Waals surface area contributed by atoms with E-state index in [4.69, 9.17) is 0 Å². The molecule has 1 aromatic carbocycles. The number of fused-ring (bicyclic) bond motifs is 1. The topological polar surface area (TPSA) is 29.9 Å². The van der Waals surface area contributed by atoms with Crippen molar-refractivity contribution in [2.45, 2.75) is 19.9 Å². The number of hydrogen-bond acceptors (Lipinski definition) is 2. The zero-order valence-electron chi connectivity index (χ0n) is 9.70. The van der Waals surface area contributed by atoms with Gasteiger partial charge in [-0.2, -0.15) is 5.10 Å². The van der Waals surface area contributed by atoms with E-state index in [0.717, 1.165) is 29.8 Å². The summed E-state index contributed by atoms with van der Waals surface area (Å²) in [5.74, 6) is 0. The fraction of sp³-hybridized carbons (Fsp3) is 0.308. The van der Waals surface area contributed by atoms with Crippen molar-refractivity contribution in [1.82, 2.24) is 15.1 Å². The Labute approximate surface area is 109 Å². The van der Waals surface area contributed by atoms with Gasteiger partial charge in [-0.1, -0.05) is 18.2 Å². The van der Waals surface area contributed by atoms with Crippen molar-refractivity contribution in [1.29, 1.82) is 0 Å². The molecule has 1 aliphatic rings. The molecular formula is C13H14BrN3. The van der Waals surface area contributed by atoms with Gasteiger partial charge in [0, 0.05) is 12.1 Å². The first kappa shape index (κ1) is 11.0. The highest BCUT2D eigenvalue weighted by Crippen LogP contribution is 2.26. The highest BCUT2D eigenvalue weighted by atomic mass is 79.9. The lowest BCUT2D eigenvalue weighted by Gasteiger charge is -2.16. The van der Waals surface area contributed by atoms with Gasteiger partial charge in [0.05, 0.1) is 11.4 Å². The fourth-order valence-corrected chi connectivity index (χ4v) is 2.89. The average Bonchev–Trinajstić information content (AvgIpc) is 2.68. The second kappa shape index (κ2) is 4.27. The molecule has 2 aromatic rings. The van der Waals surface area contributed by atoms with Gasteiger partial charge < -0.3 is 5.32 Å². The van der Waals surface area contributed by atoms with Crippen LogP contribution in [0.4, 0.5) is 0 Å². The van der Waals surface area contributed by atoms with Crippen LogP contribution < -0.4 is 5.32 Å². The molecule has 3 rings (SSSR count). The van der Waals surface area contributed by atoms with E-state index < -0.39 is 0 Å². The number of aromatic nitrogens is 2. The van der Waals surface area contributed by atoms with E-state index in [0.29, 0.717) is 0 Å². The van der Waals surface area contributed by atoms with Crippen molar-refractivity contribution in [3.05, 3.63) is 45.7 Å². The van der Waals surface area contributed by atoms with Gasteiger partial charge in [0.2, 0.25) is 0 Å². The quantitative estimate of drug-likeness (QED) is 0.875. The Morgan fingerprint density at radius 2 is 2.18 bits per heavy atom. The second-order valence-electron chi connectivity index (χ2n) is 4.34. The maximum absolute atomic E-state index is 4.62. The molecule has 0 spiro atoms. The van der Waals surface area contributed by atoms with E-state index in [2.05, 4.69) is 62.2 Å². The summed E-state index contributed by atoms with van der Waals surface area (Å²) in [6, 6.07) is 8.35. The van der Waals surface area contributed by atoms with E-state index in [1.54, 1.807) is 0 Å². The standard InChI is InChI=1S/C13H14BrN3/c1-9-4-2-3-5-11(9)17-12-8-15-7-6-10(12)13(14)16-17/h2-5,15H,6-8H2,1H3. The Morgan fingerprint density at radius 3 is 3.00 bits per heavy atom. The normalized spacial score (nSPS) is 14.7. The number of rotatable bonds is 1. The molecule has 0 bridgehead atoms. The van der Waals surface area contributed by atoms with E-state index in [-0.39, 0.29) is 0 Å². The molecule has 0 saturated heterocycles. The smallest absolute Gasteiger partial charge is 0.132 e. The fourth-order valence-electron chi connectivity index (χ4n) is 2.30. The van der Waals surface area contributed by atoms with Crippen LogP contribution >= 0.6 is 15.9 Å². The monoisotopic (exact) mass is 291 g/mol. The molecule has 17 heavy (non-hydrogen) atoms. The summed E-state index contributed by atoms with van der Waals surface area (Å²) in [7, 11) is 0. The van der Waals surface area contributed by atoms with Crippen molar-refractivity contribution >= 4 is 15.9 Å². The summed E-state index contributed by atoms with van der Waals surface area (Å²) >= 11 is 3.56. The first-order valence-electron chi connectivity index (χ1n) is 5.80. The van der Waals surface area contributed by atoms with E-state index in [1.165, 1.54) is 16.8 Å². The van der Waals surface area contributed by atoms with Gasteiger partial charge >= 0.3 is 0 Å². The van der Waals surface area contributed by atoms with Gasteiger partial charge in [-0.3, -0.25) is 0 Å². The van der Waals surface area contributed by atoms with E-state index in [9.17, 15) is 0 Å². The molecule has 1 aromatic heterocycles. The summed E-state index contributed by atoms with van der Waals surface area (Å²) in [6.45, 7) is 4.04. The van der Waals surface area contributed by atoms with E-state index >= 15 is 0 Å². The molecule has 0 amide bonds. The highest BCUT2D eigenvalue weighted by molar-refractivity contribution is 9.10. The summed E-state index contributed by atoms with van der Waals surface area (Å²) in [5, 5.41) is 8.02. The minimum atomic E-state index is 0.891. The van der Waals surface area contributed by atoms with Gasteiger partial charge in [0.25, 0.3) is 0 Å². The molecule has 0 unspecified atom stereocenters. The average molecular weight is 292 g/mol. The van der Waals surface area contributed by atoms with Crippen molar-refractivity contribution in [3.8, 4) is 5.69 Å². The minimum absolute atomic E-state index is 0.891. The van der Waals surface area contributed by atoms with Crippen LogP contribution in [0.2, 0.25) is 0 Å². The molecule has 4 heteroatoms. The van der Waals surface area contributed by atoms with Gasteiger partial charge in [-0.15, -0.1) is 0 Å². The van der Waals surface area contributed by atoms with E-state index in [1.807, 2.05) is 0 Å². The molecule has 3 nitrogen and oxygen atoms in total. The van der Waals surface area contributed by atoms with Crippen LogP contribution in [0.25, 0.3) is 5.69 Å². The van der Waals surface area contributed by atoms with Crippen LogP contribution in [0.15, 0.2) is 28.9 Å². The summed E-state index contributed by atoms with van der Waals surface area (Å²) in [5.41, 5.74) is 5.03. The molecule has 0 saturated carbocycles. The number of aryl methyl sites for hydroxylation is 1. The first-order chi connectivity index (χ1) is 8.27. The van der Waals surface area contributed by atoms with Crippen LogP contribution in [-0.4, -0.2) is 16.3 Å². The molecule has 0 aliphatic carbocycles. The number of para-hydroxylation sites is 1. The zero-order valence-corrected chi connectivity index (χ0v) is 11.3. The molecule has 2 heterocycles. The number of halogens is 1. The third-order valence-electron chi connectivity index (χ3n) is 3.23. The lowest BCUT2D eigenvalue weighted by Crippen LogP contribution is -2.25. The number of benzene rings is 1. The molecule has 0 radical (unpaired) electrons. The Morgan fingerprint density at radius 1 is 1.35 bits per heavy atom. The maximum atomic E-state index is 4.62. The first-order valence-corrected chi connectivity index (χ1v) is 6.59. The summed E-state index contributed by atoms with van der Waals surface area (Å²) < 4.78 is 3.04. The van der Waals surface area contributed by atoms with Crippen molar-refractivity contribution in [3.63, 3.8) is 0 Å². The Kier molecular flexibility index (Phi) is 2.76. The predicted molar refractivity (Wildman–Crippen MR) is 71.4 cm³/mol. The lowest BCUT2D eigenvalue weighted by atomic mass is 10.1. The Balaban J connectivity index is 2.19. The molecular weight excluding hydrogens is 278 g/mol. The molecule has 1 N–H and O–H groups in total. The number of nitrogens with one attached hydrogen (secondary N) is 1. The van der Waals surface area contributed by atoms with Crippen LogP contribution in [0.1, 0.15) is 16.8 Å². The van der Waals surface area contributed by atoms with Gasteiger partial charge in [0.1, 0.15) is 4.60 Å². The highest BCUT2D eigenvalue weighted by Gasteiger charge is 2.20. The van der Waals surface area contributed by atoms with Crippen LogP contribution in [0, 0.1) is 6.92 Å². The minimum Gasteiger partial charge on any atom is -0.311 e. The van der Waals surface area contributed by atoms with Gasteiger partial charge in [-0.25, -0.2) is 4.68 Å². The number of hydrogen-bond donors (Lipinski definition) is 1. The van der Waals surface area contributed by atoms with Crippen molar-refractivity contribution in [2.24, 2.45) is 0 Å². The van der Waals surface area contributed by atoms with Crippen LogP contribution in [0.5, 0.6) is 0 Å². The predicted octanol–water partition coefficient (Wildman–Crippen LogP) is 2.59.